The van der Waals surface area contributed by atoms with Gasteiger partial charge in [0.05, 0.1) is 16.9 Å². The lowest BCUT2D eigenvalue weighted by Gasteiger charge is -2.34. The first-order valence-corrected chi connectivity index (χ1v) is 9.63. The number of nitrogens with zero attached hydrogens (tertiary/aromatic N) is 4. The number of amides is 1. The topological polar surface area (TPSA) is 75.3 Å². The molecule has 0 aliphatic carbocycles. The Bertz CT molecular complexity index is 938. The van der Waals surface area contributed by atoms with Crippen molar-refractivity contribution in [2.45, 2.75) is 6.54 Å². The number of hydrogen-bond acceptors (Lipinski definition) is 6. The van der Waals surface area contributed by atoms with Crippen LogP contribution in [0.4, 0.5) is 5.82 Å². The van der Waals surface area contributed by atoms with Gasteiger partial charge in [-0.1, -0.05) is 17.7 Å². The van der Waals surface area contributed by atoms with Crippen molar-refractivity contribution in [3.8, 4) is 0 Å². The Labute approximate surface area is 160 Å². The smallest absolute Gasteiger partial charge is 0.264 e. The van der Waals surface area contributed by atoms with Crippen LogP contribution in [0.1, 0.15) is 15.5 Å². The first-order chi connectivity index (χ1) is 12.6. The van der Waals surface area contributed by atoms with E-state index in [1.165, 1.54) is 11.3 Å². The number of nitrogen functional groups attached to an aromatic ring is 1. The zero-order valence-electron chi connectivity index (χ0n) is 14.1. The number of halogens is 1. The molecule has 0 unspecified atom stereocenters. The first-order valence-electron chi connectivity index (χ1n) is 8.37. The van der Waals surface area contributed by atoms with Crippen LogP contribution in [0.15, 0.2) is 35.7 Å². The van der Waals surface area contributed by atoms with Crippen LogP contribution in [0.2, 0.25) is 5.02 Å². The molecule has 1 aliphatic rings. The lowest BCUT2D eigenvalue weighted by atomic mass is 10.2. The second-order valence-electron chi connectivity index (χ2n) is 6.23. The Morgan fingerprint density at radius 2 is 2.00 bits per heavy atom. The molecule has 0 spiro atoms. The van der Waals surface area contributed by atoms with Crippen molar-refractivity contribution in [3.05, 3.63) is 51.4 Å². The van der Waals surface area contributed by atoms with E-state index < -0.39 is 0 Å². The molecule has 8 heteroatoms. The Morgan fingerprint density at radius 1 is 1.19 bits per heavy atom. The average molecular weight is 388 g/mol. The van der Waals surface area contributed by atoms with Crippen molar-refractivity contribution >= 4 is 45.6 Å². The second-order valence-corrected chi connectivity index (χ2v) is 7.62. The number of thiophene rings is 1. The van der Waals surface area contributed by atoms with Gasteiger partial charge in [0, 0.05) is 36.6 Å². The predicted molar refractivity (Wildman–Crippen MR) is 104 cm³/mol. The highest BCUT2D eigenvalue weighted by molar-refractivity contribution is 7.12. The van der Waals surface area contributed by atoms with E-state index in [0.717, 1.165) is 28.9 Å². The number of rotatable bonds is 3. The fourth-order valence-corrected chi connectivity index (χ4v) is 3.97. The van der Waals surface area contributed by atoms with Gasteiger partial charge in [0.15, 0.2) is 0 Å². The molecule has 0 saturated carbocycles. The summed E-state index contributed by atoms with van der Waals surface area (Å²) in [7, 11) is 0. The third-order valence-electron chi connectivity index (χ3n) is 4.49. The van der Waals surface area contributed by atoms with Gasteiger partial charge in [-0.25, -0.2) is 9.97 Å². The van der Waals surface area contributed by atoms with Crippen molar-refractivity contribution in [1.29, 1.82) is 0 Å². The third-order valence-corrected chi connectivity index (χ3v) is 5.58. The van der Waals surface area contributed by atoms with E-state index in [1.807, 2.05) is 28.5 Å². The summed E-state index contributed by atoms with van der Waals surface area (Å²) in [4.78, 5) is 26.4. The van der Waals surface area contributed by atoms with Crippen LogP contribution < -0.4 is 5.73 Å². The van der Waals surface area contributed by atoms with Gasteiger partial charge in [-0.3, -0.25) is 9.69 Å². The first kappa shape index (κ1) is 17.2. The van der Waals surface area contributed by atoms with Gasteiger partial charge >= 0.3 is 0 Å². The molecule has 1 amide bonds. The Kier molecular flexibility index (Phi) is 4.76. The van der Waals surface area contributed by atoms with E-state index >= 15 is 0 Å². The summed E-state index contributed by atoms with van der Waals surface area (Å²) in [5, 5.41) is 3.36. The summed E-state index contributed by atoms with van der Waals surface area (Å²) in [5.74, 6) is 1.25. The summed E-state index contributed by atoms with van der Waals surface area (Å²) in [6.07, 6.45) is 0. The normalized spacial score (nSPS) is 15.5. The monoisotopic (exact) mass is 387 g/mol. The number of hydrogen-bond donors (Lipinski definition) is 1. The summed E-state index contributed by atoms with van der Waals surface area (Å²) < 4.78 is 0. The zero-order valence-corrected chi connectivity index (χ0v) is 15.6. The van der Waals surface area contributed by atoms with E-state index in [0.29, 0.717) is 36.3 Å². The van der Waals surface area contributed by atoms with Gasteiger partial charge in [0.25, 0.3) is 5.91 Å². The largest absolute Gasteiger partial charge is 0.383 e. The number of nitrogens with two attached hydrogens (primary N) is 1. The Hall–Kier alpha value is -2.22. The molecule has 26 heavy (non-hydrogen) atoms. The number of anilines is 1. The summed E-state index contributed by atoms with van der Waals surface area (Å²) >= 11 is 7.54. The van der Waals surface area contributed by atoms with E-state index in [1.54, 1.807) is 12.1 Å². The lowest BCUT2D eigenvalue weighted by molar-refractivity contribution is 0.0630. The van der Waals surface area contributed by atoms with Gasteiger partial charge in [0.2, 0.25) is 0 Å². The number of carbonyl (C=O) groups is 1. The maximum atomic E-state index is 12.4. The predicted octanol–water partition coefficient (Wildman–Crippen LogP) is 2.88. The van der Waals surface area contributed by atoms with Crippen molar-refractivity contribution in [2.75, 3.05) is 31.9 Å². The third kappa shape index (κ3) is 3.51. The average Bonchev–Trinajstić information content (AvgIpc) is 3.16. The summed E-state index contributed by atoms with van der Waals surface area (Å²) in [5.41, 5.74) is 6.82. The Morgan fingerprint density at radius 3 is 2.73 bits per heavy atom. The van der Waals surface area contributed by atoms with Crippen LogP contribution in [-0.2, 0) is 6.54 Å². The van der Waals surface area contributed by atoms with Crippen molar-refractivity contribution < 1.29 is 4.79 Å². The van der Waals surface area contributed by atoms with Crippen LogP contribution in [0.3, 0.4) is 0 Å². The van der Waals surface area contributed by atoms with E-state index in [2.05, 4.69) is 14.9 Å². The van der Waals surface area contributed by atoms with E-state index in [-0.39, 0.29) is 5.91 Å². The molecule has 2 N–H and O–H groups in total. The number of benzene rings is 1. The van der Waals surface area contributed by atoms with E-state index in [9.17, 15) is 4.79 Å². The highest BCUT2D eigenvalue weighted by Crippen LogP contribution is 2.22. The zero-order chi connectivity index (χ0) is 18.1. The molecule has 1 fully saturated rings. The number of piperazine rings is 1. The minimum Gasteiger partial charge on any atom is -0.383 e. The molecule has 3 aromatic rings. The summed E-state index contributed by atoms with van der Waals surface area (Å²) in [6, 6.07) is 9.20. The molecule has 0 atom stereocenters. The Balaban J connectivity index is 1.43. The molecular formula is C18H18ClN5OS. The standard InChI is InChI=1S/C18H18ClN5OS/c19-12-3-4-13-14(10-12)21-16(22-17(13)20)11-23-5-7-24(8-6-23)18(25)15-2-1-9-26-15/h1-4,9-10H,5-8,11H2,(H2,20,21,22). The molecule has 0 bridgehead atoms. The lowest BCUT2D eigenvalue weighted by Crippen LogP contribution is -2.48. The minimum absolute atomic E-state index is 0.112. The van der Waals surface area contributed by atoms with Crippen LogP contribution in [0, 0.1) is 0 Å². The van der Waals surface area contributed by atoms with Crippen molar-refractivity contribution in [2.24, 2.45) is 0 Å². The van der Waals surface area contributed by atoms with Gasteiger partial charge in [0.1, 0.15) is 11.6 Å². The maximum Gasteiger partial charge on any atom is 0.264 e. The van der Waals surface area contributed by atoms with Gasteiger partial charge in [-0.15, -0.1) is 11.3 Å². The molecular weight excluding hydrogens is 370 g/mol. The molecule has 1 aliphatic heterocycles. The highest BCUT2D eigenvalue weighted by atomic mass is 35.5. The number of carbonyl (C=O) groups excluding carboxylic acids is 1. The van der Waals surface area contributed by atoms with Crippen molar-refractivity contribution in [1.82, 2.24) is 19.8 Å². The van der Waals surface area contributed by atoms with Gasteiger partial charge < -0.3 is 10.6 Å². The molecule has 1 aromatic carbocycles. The highest BCUT2D eigenvalue weighted by Gasteiger charge is 2.23. The van der Waals surface area contributed by atoms with Crippen LogP contribution in [0.25, 0.3) is 10.9 Å². The van der Waals surface area contributed by atoms with Gasteiger partial charge in [-0.05, 0) is 29.6 Å². The molecule has 134 valence electrons. The molecule has 4 rings (SSSR count). The SMILES string of the molecule is Nc1nc(CN2CCN(C(=O)c3cccs3)CC2)nc2cc(Cl)ccc12. The fourth-order valence-electron chi connectivity index (χ4n) is 3.11. The second kappa shape index (κ2) is 7.19. The fraction of sp³-hybridized carbons (Fsp3) is 0.278. The molecule has 6 nitrogen and oxygen atoms in total. The van der Waals surface area contributed by atoms with E-state index in [4.69, 9.17) is 17.3 Å². The number of aromatic nitrogens is 2. The van der Waals surface area contributed by atoms with Crippen molar-refractivity contribution in [3.63, 3.8) is 0 Å². The van der Waals surface area contributed by atoms with Gasteiger partial charge in [-0.2, -0.15) is 0 Å². The molecule has 3 heterocycles. The molecule has 1 saturated heterocycles. The van der Waals surface area contributed by atoms with Crippen LogP contribution in [0.5, 0.6) is 0 Å². The van der Waals surface area contributed by atoms with Crippen LogP contribution >= 0.6 is 22.9 Å². The summed E-state index contributed by atoms with van der Waals surface area (Å²) in [6.45, 7) is 3.58. The molecule has 0 radical (unpaired) electrons. The minimum atomic E-state index is 0.112. The molecule has 2 aromatic heterocycles. The maximum absolute atomic E-state index is 12.4. The van der Waals surface area contributed by atoms with Crippen LogP contribution in [-0.4, -0.2) is 51.9 Å². The number of fused-ring (bicyclic) bond motifs is 1. The quantitative estimate of drug-likeness (QED) is 0.747.